The third-order valence-corrected chi connectivity index (χ3v) is 3.19. The van der Waals surface area contributed by atoms with Gasteiger partial charge in [-0.05, 0) is 18.8 Å². The van der Waals surface area contributed by atoms with E-state index in [1.165, 1.54) is 0 Å². The van der Waals surface area contributed by atoms with E-state index in [1.807, 2.05) is 0 Å². The molecule has 5 heteroatoms. The van der Waals surface area contributed by atoms with Gasteiger partial charge in [0.05, 0.1) is 12.2 Å². The van der Waals surface area contributed by atoms with E-state index < -0.39 is 0 Å². The Bertz CT molecular complexity index is 246. The number of amides is 1. The monoisotopic (exact) mass is 244 g/mol. The summed E-state index contributed by atoms with van der Waals surface area (Å²) in [5.74, 6) is 0.324. The van der Waals surface area contributed by atoms with Crippen molar-refractivity contribution in [3.63, 3.8) is 0 Å². The molecule has 0 bridgehead atoms. The molecular weight excluding hydrogens is 220 g/mol. The van der Waals surface area contributed by atoms with Crippen molar-refractivity contribution in [3.05, 3.63) is 0 Å². The molecule has 0 aromatic heterocycles. The number of methoxy groups -OCH3 is 1. The van der Waals surface area contributed by atoms with E-state index in [4.69, 9.17) is 15.2 Å². The third kappa shape index (κ3) is 4.26. The van der Waals surface area contributed by atoms with Gasteiger partial charge in [-0.1, -0.05) is 13.8 Å². The number of carbonyl (C=O) groups is 1. The second-order valence-corrected chi connectivity index (χ2v) is 4.82. The molecule has 3 N–H and O–H groups in total. The Morgan fingerprint density at radius 1 is 1.53 bits per heavy atom. The van der Waals surface area contributed by atoms with Crippen molar-refractivity contribution in [1.29, 1.82) is 0 Å². The Labute approximate surface area is 103 Å². The van der Waals surface area contributed by atoms with Gasteiger partial charge in [0.25, 0.3) is 0 Å². The second-order valence-electron chi connectivity index (χ2n) is 4.82. The molecule has 1 heterocycles. The van der Waals surface area contributed by atoms with Gasteiger partial charge in [0.2, 0.25) is 5.91 Å². The maximum Gasteiger partial charge on any atom is 0.249 e. The summed E-state index contributed by atoms with van der Waals surface area (Å²) in [5.41, 5.74) is 5.50. The molecule has 1 unspecified atom stereocenters. The van der Waals surface area contributed by atoms with Crippen LogP contribution in [0.5, 0.6) is 0 Å². The zero-order valence-electron chi connectivity index (χ0n) is 10.9. The Balaban J connectivity index is 2.30. The van der Waals surface area contributed by atoms with Crippen LogP contribution in [0.15, 0.2) is 0 Å². The lowest BCUT2D eigenvalue weighted by Gasteiger charge is -2.20. The smallest absolute Gasteiger partial charge is 0.249 e. The highest BCUT2D eigenvalue weighted by Crippen LogP contribution is 2.18. The van der Waals surface area contributed by atoms with Crippen LogP contribution < -0.4 is 11.1 Å². The van der Waals surface area contributed by atoms with Crippen molar-refractivity contribution in [3.8, 4) is 0 Å². The molecule has 100 valence electrons. The van der Waals surface area contributed by atoms with Crippen molar-refractivity contribution in [2.75, 3.05) is 20.2 Å². The van der Waals surface area contributed by atoms with E-state index in [-0.39, 0.29) is 24.2 Å². The number of hydrogen-bond donors (Lipinski definition) is 2. The van der Waals surface area contributed by atoms with Gasteiger partial charge in [-0.2, -0.15) is 0 Å². The van der Waals surface area contributed by atoms with E-state index in [9.17, 15) is 4.79 Å². The van der Waals surface area contributed by atoms with Crippen LogP contribution in [0.3, 0.4) is 0 Å². The van der Waals surface area contributed by atoms with Gasteiger partial charge in [0, 0.05) is 20.2 Å². The number of rotatable bonds is 6. The van der Waals surface area contributed by atoms with Crippen LogP contribution in [-0.4, -0.2) is 44.4 Å². The zero-order valence-corrected chi connectivity index (χ0v) is 10.9. The lowest BCUT2D eigenvalue weighted by Crippen LogP contribution is -2.41. The highest BCUT2D eigenvalue weighted by atomic mass is 16.5. The van der Waals surface area contributed by atoms with Crippen LogP contribution in [0, 0.1) is 5.92 Å². The summed E-state index contributed by atoms with van der Waals surface area (Å²) >= 11 is 0. The number of carbonyl (C=O) groups excluding carboxylic acids is 1. The summed E-state index contributed by atoms with van der Waals surface area (Å²) in [6.45, 7) is 5.14. The van der Waals surface area contributed by atoms with E-state index >= 15 is 0 Å². The van der Waals surface area contributed by atoms with Crippen LogP contribution in [-0.2, 0) is 14.3 Å². The predicted molar refractivity (Wildman–Crippen MR) is 65.6 cm³/mol. The third-order valence-electron chi connectivity index (χ3n) is 3.19. The Morgan fingerprint density at radius 2 is 2.24 bits per heavy atom. The molecule has 0 saturated carbocycles. The highest BCUT2D eigenvalue weighted by Gasteiger charge is 2.30. The minimum absolute atomic E-state index is 0.0362. The molecule has 3 atom stereocenters. The van der Waals surface area contributed by atoms with Crippen molar-refractivity contribution in [2.45, 2.75) is 45.0 Å². The lowest BCUT2D eigenvalue weighted by atomic mass is 10.1. The Kier molecular flexibility index (Phi) is 5.88. The minimum Gasteiger partial charge on any atom is -0.379 e. The predicted octanol–water partition coefficient (Wildman–Crippen LogP) is 0.280. The molecule has 1 aliphatic rings. The number of nitrogens with one attached hydrogen (secondary N) is 1. The largest absolute Gasteiger partial charge is 0.379 e. The van der Waals surface area contributed by atoms with Crippen molar-refractivity contribution >= 4 is 5.91 Å². The maximum atomic E-state index is 11.8. The van der Waals surface area contributed by atoms with Gasteiger partial charge < -0.3 is 20.5 Å². The zero-order chi connectivity index (χ0) is 12.8. The number of ether oxygens (including phenoxy) is 2. The normalized spacial score (nSPS) is 26.2. The van der Waals surface area contributed by atoms with E-state index in [2.05, 4.69) is 19.2 Å². The van der Waals surface area contributed by atoms with E-state index in [1.54, 1.807) is 7.11 Å². The van der Waals surface area contributed by atoms with Gasteiger partial charge in [0.15, 0.2) is 0 Å². The summed E-state index contributed by atoms with van der Waals surface area (Å²) in [7, 11) is 1.66. The van der Waals surface area contributed by atoms with Crippen LogP contribution in [0.1, 0.15) is 26.7 Å². The molecule has 0 radical (unpaired) electrons. The van der Waals surface area contributed by atoms with Crippen LogP contribution in [0.2, 0.25) is 0 Å². The van der Waals surface area contributed by atoms with Gasteiger partial charge in [-0.15, -0.1) is 0 Å². The summed E-state index contributed by atoms with van der Waals surface area (Å²) in [4.78, 5) is 11.8. The molecule has 1 aliphatic heterocycles. The first-order valence-electron chi connectivity index (χ1n) is 6.24. The molecule has 1 amide bonds. The van der Waals surface area contributed by atoms with Gasteiger partial charge in [-0.3, -0.25) is 4.79 Å². The molecule has 1 saturated heterocycles. The Hall–Kier alpha value is -0.650. The summed E-state index contributed by atoms with van der Waals surface area (Å²) < 4.78 is 10.8. The van der Waals surface area contributed by atoms with Crippen molar-refractivity contribution in [2.24, 2.45) is 11.7 Å². The summed E-state index contributed by atoms with van der Waals surface area (Å²) in [5, 5.41) is 2.87. The molecule has 0 aromatic rings. The van der Waals surface area contributed by atoms with Gasteiger partial charge >= 0.3 is 0 Å². The molecule has 5 nitrogen and oxygen atoms in total. The first-order valence-corrected chi connectivity index (χ1v) is 6.24. The molecule has 1 rings (SSSR count). The quantitative estimate of drug-likeness (QED) is 0.704. The number of nitrogens with two attached hydrogens (primary N) is 1. The Morgan fingerprint density at radius 3 is 2.71 bits per heavy atom. The van der Waals surface area contributed by atoms with Crippen LogP contribution in [0.25, 0.3) is 0 Å². The van der Waals surface area contributed by atoms with Gasteiger partial charge in [-0.25, -0.2) is 0 Å². The standard InChI is InChI=1S/C12H24N2O3/c1-8(2)11(16-3)7-14-12(15)10-5-4-9(6-13)17-10/h8-11H,4-7,13H2,1-3H3,(H,14,15)/t9-,10+,11?/m1/s1. The fraction of sp³-hybridized carbons (Fsp3) is 0.917. The van der Waals surface area contributed by atoms with Gasteiger partial charge in [0.1, 0.15) is 6.10 Å². The van der Waals surface area contributed by atoms with Crippen LogP contribution >= 0.6 is 0 Å². The second kappa shape index (κ2) is 6.93. The number of hydrogen-bond acceptors (Lipinski definition) is 4. The minimum atomic E-state index is -0.340. The SMILES string of the molecule is COC(CNC(=O)[C@@H]1CC[C@H](CN)O1)C(C)C. The highest BCUT2D eigenvalue weighted by molar-refractivity contribution is 5.81. The van der Waals surface area contributed by atoms with E-state index in [0.29, 0.717) is 19.0 Å². The summed E-state index contributed by atoms with van der Waals surface area (Å²) in [6.07, 6.45) is 1.37. The first kappa shape index (κ1) is 14.4. The average Bonchev–Trinajstić information content (AvgIpc) is 2.77. The molecule has 0 spiro atoms. The maximum absolute atomic E-state index is 11.8. The molecule has 1 fully saturated rings. The average molecular weight is 244 g/mol. The first-order chi connectivity index (χ1) is 8.08. The lowest BCUT2D eigenvalue weighted by molar-refractivity contribution is -0.132. The molecular formula is C12H24N2O3. The van der Waals surface area contributed by atoms with Crippen molar-refractivity contribution in [1.82, 2.24) is 5.32 Å². The fourth-order valence-corrected chi connectivity index (χ4v) is 1.98. The van der Waals surface area contributed by atoms with Crippen molar-refractivity contribution < 1.29 is 14.3 Å². The fourth-order valence-electron chi connectivity index (χ4n) is 1.98. The molecule has 0 aliphatic carbocycles. The molecule has 0 aromatic carbocycles. The topological polar surface area (TPSA) is 73.6 Å². The van der Waals surface area contributed by atoms with E-state index in [0.717, 1.165) is 12.8 Å². The van der Waals surface area contributed by atoms with Crippen LogP contribution in [0.4, 0.5) is 0 Å². The molecule has 17 heavy (non-hydrogen) atoms. The summed E-state index contributed by atoms with van der Waals surface area (Å²) in [6, 6.07) is 0.